The van der Waals surface area contributed by atoms with Crippen molar-refractivity contribution in [2.75, 3.05) is 6.61 Å². The molecule has 1 aliphatic rings. The van der Waals surface area contributed by atoms with Crippen LogP contribution in [0.5, 0.6) is 5.75 Å². The largest absolute Gasteiger partial charge is 0.493 e. The third kappa shape index (κ3) is 2.20. The fourth-order valence-electron chi connectivity index (χ4n) is 2.97. The highest BCUT2D eigenvalue weighted by molar-refractivity contribution is 5.45. The van der Waals surface area contributed by atoms with Crippen LogP contribution in [0.3, 0.4) is 0 Å². The first-order valence-corrected chi connectivity index (χ1v) is 7.28. The summed E-state index contributed by atoms with van der Waals surface area (Å²) < 4.78 is 5.55. The van der Waals surface area contributed by atoms with Crippen LogP contribution in [-0.2, 0) is 12.0 Å². The van der Waals surface area contributed by atoms with Crippen molar-refractivity contribution in [3.8, 4) is 5.75 Å². The van der Waals surface area contributed by atoms with Gasteiger partial charge in [-0.15, -0.1) is 0 Å². The van der Waals surface area contributed by atoms with Crippen LogP contribution >= 0.6 is 0 Å². The fourth-order valence-corrected chi connectivity index (χ4v) is 2.97. The Morgan fingerprint density at radius 1 is 1.10 bits per heavy atom. The highest BCUT2D eigenvalue weighted by Gasteiger charge is 2.31. The molecule has 0 amide bonds. The minimum absolute atomic E-state index is 0.719. The first-order valence-electron chi connectivity index (χ1n) is 7.28. The Kier molecular flexibility index (Phi) is 3.49. The predicted octanol–water partition coefficient (Wildman–Crippen LogP) is 3.66. The summed E-state index contributed by atoms with van der Waals surface area (Å²) in [4.78, 5) is 0. The Morgan fingerprint density at radius 2 is 1.90 bits per heavy atom. The second kappa shape index (κ2) is 5.29. The lowest BCUT2D eigenvalue weighted by molar-refractivity contribution is 0.0701. The van der Waals surface area contributed by atoms with Gasteiger partial charge in [0.1, 0.15) is 11.4 Å². The van der Waals surface area contributed by atoms with Gasteiger partial charge in [0.15, 0.2) is 0 Å². The summed E-state index contributed by atoms with van der Waals surface area (Å²) in [6.45, 7) is 2.85. The molecule has 1 N–H and O–H groups in total. The van der Waals surface area contributed by atoms with Crippen molar-refractivity contribution in [1.29, 1.82) is 0 Å². The van der Waals surface area contributed by atoms with E-state index in [1.807, 2.05) is 42.5 Å². The second-order valence-corrected chi connectivity index (χ2v) is 5.40. The van der Waals surface area contributed by atoms with Crippen LogP contribution in [0.4, 0.5) is 0 Å². The van der Waals surface area contributed by atoms with E-state index >= 15 is 0 Å². The van der Waals surface area contributed by atoms with E-state index in [2.05, 4.69) is 13.0 Å². The van der Waals surface area contributed by atoms with Crippen molar-refractivity contribution >= 4 is 0 Å². The molecule has 0 radical (unpaired) electrons. The number of rotatable bonds is 4. The average molecular weight is 268 g/mol. The van der Waals surface area contributed by atoms with E-state index in [-0.39, 0.29) is 0 Å². The molecule has 2 heteroatoms. The Balaban J connectivity index is 2.06. The zero-order valence-electron chi connectivity index (χ0n) is 11.8. The number of hydrogen-bond donors (Lipinski definition) is 1. The van der Waals surface area contributed by atoms with Crippen LogP contribution in [0.1, 0.15) is 36.5 Å². The summed E-state index contributed by atoms with van der Waals surface area (Å²) in [6, 6.07) is 16.0. The lowest BCUT2D eigenvalue weighted by Crippen LogP contribution is -2.27. The van der Waals surface area contributed by atoms with Gasteiger partial charge in [-0.25, -0.2) is 0 Å². The summed E-state index contributed by atoms with van der Waals surface area (Å²) in [6.07, 6.45) is 2.58. The topological polar surface area (TPSA) is 29.5 Å². The average Bonchev–Trinajstić information content (AvgIpc) is 2.95. The van der Waals surface area contributed by atoms with E-state index in [1.54, 1.807) is 0 Å². The van der Waals surface area contributed by atoms with E-state index < -0.39 is 5.60 Å². The van der Waals surface area contributed by atoms with Gasteiger partial charge in [-0.05, 0) is 35.2 Å². The summed E-state index contributed by atoms with van der Waals surface area (Å²) in [5, 5.41) is 11.2. The lowest BCUT2D eigenvalue weighted by Gasteiger charge is -2.29. The van der Waals surface area contributed by atoms with E-state index in [0.717, 1.165) is 42.7 Å². The first-order chi connectivity index (χ1) is 9.74. The normalized spacial score (nSPS) is 16.3. The van der Waals surface area contributed by atoms with Crippen LogP contribution in [0, 0.1) is 0 Å². The van der Waals surface area contributed by atoms with Gasteiger partial charge >= 0.3 is 0 Å². The summed E-state index contributed by atoms with van der Waals surface area (Å²) in [5.41, 5.74) is 2.22. The minimum Gasteiger partial charge on any atom is -0.493 e. The molecule has 1 aliphatic heterocycles. The van der Waals surface area contributed by atoms with E-state index in [1.165, 1.54) is 5.56 Å². The van der Waals surface area contributed by atoms with Crippen molar-refractivity contribution in [3.63, 3.8) is 0 Å². The number of ether oxygens (including phenoxy) is 1. The molecule has 3 rings (SSSR count). The molecule has 2 aromatic rings. The minimum atomic E-state index is -0.909. The van der Waals surface area contributed by atoms with Gasteiger partial charge in [-0.3, -0.25) is 0 Å². The third-order valence-corrected chi connectivity index (χ3v) is 4.03. The maximum Gasteiger partial charge on any atom is 0.122 e. The van der Waals surface area contributed by atoms with Crippen molar-refractivity contribution in [3.05, 3.63) is 65.2 Å². The number of fused-ring (bicyclic) bond motifs is 1. The molecule has 0 aromatic heterocycles. The standard InChI is InChI=1S/C18H20O2/c1-2-11-18(19,15-6-4-3-5-7-15)16-8-9-17-14(13-16)10-12-20-17/h3-9,13,19H,2,10-12H2,1H3. The molecule has 1 unspecified atom stereocenters. The zero-order valence-corrected chi connectivity index (χ0v) is 11.8. The maximum absolute atomic E-state index is 11.2. The zero-order chi connectivity index (χ0) is 14.0. The Morgan fingerprint density at radius 3 is 2.65 bits per heavy atom. The molecule has 0 aliphatic carbocycles. The van der Waals surface area contributed by atoms with Gasteiger partial charge in [0, 0.05) is 6.42 Å². The van der Waals surface area contributed by atoms with Crippen LogP contribution in [0.15, 0.2) is 48.5 Å². The predicted molar refractivity (Wildman–Crippen MR) is 80.0 cm³/mol. The molecule has 0 saturated carbocycles. The van der Waals surface area contributed by atoms with Gasteiger partial charge in [0.05, 0.1) is 6.61 Å². The molecular formula is C18H20O2. The van der Waals surface area contributed by atoms with E-state index in [4.69, 9.17) is 4.74 Å². The molecule has 0 bridgehead atoms. The van der Waals surface area contributed by atoms with Crippen molar-refractivity contribution in [1.82, 2.24) is 0 Å². The Hall–Kier alpha value is -1.80. The van der Waals surface area contributed by atoms with Crippen LogP contribution in [0.25, 0.3) is 0 Å². The van der Waals surface area contributed by atoms with Gasteiger partial charge in [0.25, 0.3) is 0 Å². The molecule has 0 spiro atoms. The van der Waals surface area contributed by atoms with Gasteiger partial charge in [0.2, 0.25) is 0 Å². The molecular weight excluding hydrogens is 248 g/mol. The Bertz CT molecular complexity index is 592. The molecule has 2 aromatic carbocycles. The van der Waals surface area contributed by atoms with E-state index in [0.29, 0.717) is 0 Å². The number of benzene rings is 2. The van der Waals surface area contributed by atoms with Gasteiger partial charge < -0.3 is 9.84 Å². The van der Waals surface area contributed by atoms with Crippen LogP contribution < -0.4 is 4.74 Å². The molecule has 104 valence electrons. The van der Waals surface area contributed by atoms with Gasteiger partial charge in [-0.2, -0.15) is 0 Å². The molecule has 0 saturated heterocycles. The number of hydrogen-bond acceptors (Lipinski definition) is 2. The smallest absolute Gasteiger partial charge is 0.122 e. The Labute approximate surface area is 120 Å². The van der Waals surface area contributed by atoms with Crippen molar-refractivity contribution < 1.29 is 9.84 Å². The van der Waals surface area contributed by atoms with E-state index in [9.17, 15) is 5.11 Å². The van der Waals surface area contributed by atoms with Crippen LogP contribution in [-0.4, -0.2) is 11.7 Å². The molecule has 2 nitrogen and oxygen atoms in total. The second-order valence-electron chi connectivity index (χ2n) is 5.40. The highest BCUT2D eigenvalue weighted by atomic mass is 16.5. The summed E-state index contributed by atoms with van der Waals surface area (Å²) >= 11 is 0. The monoisotopic (exact) mass is 268 g/mol. The quantitative estimate of drug-likeness (QED) is 0.917. The van der Waals surface area contributed by atoms with Gasteiger partial charge in [-0.1, -0.05) is 49.7 Å². The van der Waals surface area contributed by atoms with Crippen molar-refractivity contribution in [2.45, 2.75) is 31.8 Å². The fraction of sp³-hybridized carbons (Fsp3) is 0.333. The molecule has 1 atom stereocenters. The maximum atomic E-state index is 11.2. The molecule has 20 heavy (non-hydrogen) atoms. The number of aliphatic hydroxyl groups is 1. The highest BCUT2D eigenvalue weighted by Crippen LogP contribution is 2.37. The lowest BCUT2D eigenvalue weighted by atomic mass is 9.82. The molecule has 0 fully saturated rings. The molecule has 1 heterocycles. The summed E-state index contributed by atoms with van der Waals surface area (Å²) in [5.74, 6) is 0.959. The third-order valence-electron chi connectivity index (χ3n) is 4.03. The van der Waals surface area contributed by atoms with Crippen LogP contribution in [0.2, 0.25) is 0 Å². The first kappa shape index (κ1) is 13.2. The summed E-state index contributed by atoms with van der Waals surface area (Å²) in [7, 11) is 0. The van der Waals surface area contributed by atoms with Crippen molar-refractivity contribution in [2.24, 2.45) is 0 Å². The SMILES string of the molecule is CCCC(O)(c1ccccc1)c1ccc2c(c1)CCO2.